The van der Waals surface area contributed by atoms with Crippen LogP contribution in [-0.2, 0) is 14.4 Å². The zero-order valence-corrected chi connectivity index (χ0v) is 17.4. The number of carbonyl (C=O) groups is 3. The molecule has 0 bridgehead atoms. The van der Waals surface area contributed by atoms with Crippen LogP contribution in [0.4, 0.5) is 32.0 Å². The molecule has 2 atom stereocenters. The average Bonchev–Trinajstić information content (AvgIpc) is 2.76. The molecule has 2 unspecified atom stereocenters. The highest BCUT2D eigenvalue weighted by molar-refractivity contribution is 6.07. The quantitative estimate of drug-likeness (QED) is 0.512. The SMILES string of the molecule is CC1Oc2ccc(F)cc2N(C)C(=O)C1NC(=O)C(C)(C)C(=O)NCC(F)(F)C(F)(F)F. The maximum Gasteiger partial charge on any atom is 0.455 e. The molecule has 3 amide bonds. The molecule has 2 N–H and O–H groups in total. The number of rotatable bonds is 5. The van der Waals surface area contributed by atoms with Crippen LogP contribution < -0.4 is 20.3 Å². The summed E-state index contributed by atoms with van der Waals surface area (Å²) in [6.07, 6.45) is -6.88. The third-order valence-corrected chi connectivity index (χ3v) is 4.97. The van der Waals surface area contributed by atoms with Gasteiger partial charge in [-0.2, -0.15) is 22.0 Å². The zero-order chi connectivity index (χ0) is 24.6. The van der Waals surface area contributed by atoms with Crippen molar-refractivity contribution >= 4 is 23.4 Å². The van der Waals surface area contributed by atoms with Gasteiger partial charge < -0.3 is 20.3 Å². The van der Waals surface area contributed by atoms with Crippen molar-refractivity contribution in [1.29, 1.82) is 0 Å². The minimum Gasteiger partial charge on any atom is -0.486 e. The van der Waals surface area contributed by atoms with Crippen molar-refractivity contribution in [2.24, 2.45) is 5.41 Å². The highest BCUT2D eigenvalue weighted by atomic mass is 19.4. The predicted molar refractivity (Wildman–Crippen MR) is 99.6 cm³/mol. The summed E-state index contributed by atoms with van der Waals surface area (Å²) in [4.78, 5) is 38.7. The van der Waals surface area contributed by atoms with E-state index in [1.165, 1.54) is 25.4 Å². The van der Waals surface area contributed by atoms with Crippen molar-refractivity contribution in [1.82, 2.24) is 10.6 Å². The summed E-state index contributed by atoms with van der Waals surface area (Å²) in [5.74, 6) is -8.95. The van der Waals surface area contributed by atoms with Gasteiger partial charge in [-0.3, -0.25) is 14.4 Å². The van der Waals surface area contributed by atoms with Gasteiger partial charge >= 0.3 is 12.1 Å². The lowest BCUT2D eigenvalue weighted by Crippen LogP contribution is -2.59. The molecular formula is C19H21F6N3O4. The molecule has 2 rings (SSSR count). The largest absolute Gasteiger partial charge is 0.486 e. The number of alkyl halides is 5. The first kappa shape index (κ1) is 25.3. The molecule has 0 aromatic heterocycles. The predicted octanol–water partition coefficient (Wildman–Crippen LogP) is 2.39. The Bertz CT molecular complexity index is 919. The van der Waals surface area contributed by atoms with E-state index < -0.39 is 59.7 Å². The van der Waals surface area contributed by atoms with E-state index in [9.17, 15) is 40.7 Å². The van der Waals surface area contributed by atoms with Gasteiger partial charge in [0.15, 0.2) is 0 Å². The van der Waals surface area contributed by atoms with E-state index in [1.54, 1.807) is 0 Å². The van der Waals surface area contributed by atoms with Gasteiger partial charge in [-0.25, -0.2) is 4.39 Å². The lowest BCUT2D eigenvalue weighted by atomic mass is 9.90. The lowest BCUT2D eigenvalue weighted by Gasteiger charge is -2.29. The van der Waals surface area contributed by atoms with Crippen LogP contribution >= 0.6 is 0 Å². The number of hydrogen-bond donors (Lipinski definition) is 2. The fraction of sp³-hybridized carbons (Fsp3) is 0.526. The molecule has 0 saturated heterocycles. The van der Waals surface area contributed by atoms with Gasteiger partial charge in [0, 0.05) is 13.1 Å². The Morgan fingerprint density at radius 3 is 2.28 bits per heavy atom. The van der Waals surface area contributed by atoms with E-state index in [-0.39, 0.29) is 11.4 Å². The molecule has 178 valence electrons. The summed E-state index contributed by atoms with van der Waals surface area (Å²) in [7, 11) is 1.30. The van der Waals surface area contributed by atoms with E-state index >= 15 is 0 Å². The van der Waals surface area contributed by atoms with Gasteiger partial charge in [0.2, 0.25) is 11.8 Å². The monoisotopic (exact) mass is 469 g/mol. The first-order valence-corrected chi connectivity index (χ1v) is 9.26. The summed E-state index contributed by atoms with van der Waals surface area (Å²) < 4.78 is 82.2. The lowest BCUT2D eigenvalue weighted by molar-refractivity contribution is -0.278. The number of nitrogens with zero attached hydrogens (tertiary/aromatic N) is 1. The number of ether oxygens (including phenoxy) is 1. The number of nitrogens with one attached hydrogen (secondary N) is 2. The smallest absolute Gasteiger partial charge is 0.455 e. The third-order valence-electron chi connectivity index (χ3n) is 4.97. The van der Waals surface area contributed by atoms with Crippen molar-refractivity contribution in [3.8, 4) is 5.75 Å². The Morgan fingerprint density at radius 2 is 1.72 bits per heavy atom. The van der Waals surface area contributed by atoms with Crippen LogP contribution in [0.25, 0.3) is 0 Å². The van der Waals surface area contributed by atoms with E-state index in [0.29, 0.717) is 0 Å². The second kappa shape index (κ2) is 8.51. The van der Waals surface area contributed by atoms with Gasteiger partial charge in [0.05, 0.1) is 12.2 Å². The molecule has 0 aliphatic carbocycles. The molecule has 1 aliphatic heterocycles. The minimum atomic E-state index is -5.88. The van der Waals surface area contributed by atoms with E-state index in [0.717, 1.165) is 30.9 Å². The van der Waals surface area contributed by atoms with Crippen LogP contribution in [0.3, 0.4) is 0 Å². The highest BCUT2D eigenvalue weighted by Crippen LogP contribution is 2.35. The third kappa shape index (κ3) is 4.91. The molecule has 1 heterocycles. The molecule has 0 saturated carbocycles. The van der Waals surface area contributed by atoms with Crippen LogP contribution in [0.1, 0.15) is 20.8 Å². The molecule has 7 nitrogen and oxygen atoms in total. The van der Waals surface area contributed by atoms with Crippen molar-refractivity contribution in [3.05, 3.63) is 24.0 Å². The Morgan fingerprint density at radius 1 is 1.12 bits per heavy atom. The fourth-order valence-corrected chi connectivity index (χ4v) is 2.77. The summed E-state index contributed by atoms with van der Waals surface area (Å²) in [6.45, 7) is 1.34. The normalized spacial score (nSPS) is 19.6. The van der Waals surface area contributed by atoms with Crippen LogP contribution in [0.15, 0.2) is 18.2 Å². The fourth-order valence-electron chi connectivity index (χ4n) is 2.77. The number of anilines is 1. The summed E-state index contributed by atoms with van der Waals surface area (Å²) in [5, 5.41) is 3.68. The Hall–Kier alpha value is -2.99. The number of hydrogen-bond acceptors (Lipinski definition) is 4. The van der Waals surface area contributed by atoms with Gasteiger partial charge in [-0.1, -0.05) is 0 Å². The van der Waals surface area contributed by atoms with E-state index in [1.807, 2.05) is 0 Å². The van der Waals surface area contributed by atoms with Gasteiger partial charge in [0.1, 0.15) is 29.1 Å². The van der Waals surface area contributed by atoms with Crippen LogP contribution in [0.5, 0.6) is 5.75 Å². The van der Waals surface area contributed by atoms with Crippen molar-refractivity contribution in [2.45, 2.75) is 45.0 Å². The Labute approximate surface area is 179 Å². The molecule has 1 aromatic carbocycles. The standard InChI is InChI=1S/C19H21F6N3O4/c1-9-13(14(29)28(4)11-7-10(20)5-6-12(11)32-9)27-16(31)17(2,3)15(30)26-8-18(21,22)19(23,24)25/h5-7,9,13H,8H2,1-4H3,(H,26,30)(H,27,31). The van der Waals surface area contributed by atoms with E-state index in [2.05, 4.69) is 5.32 Å². The van der Waals surface area contributed by atoms with Crippen LogP contribution in [0.2, 0.25) is 0 Å². The first-order valence-electron chi connectivity index (χ1n) is 9.26. The van der Waals surface area contributed by atoms with E-state index in [4.69, 9.17) is 4.74 Å². The maximum atomic E-state index is 13.6. The number of benzene rings is 1. The number of fused-ring (bicyclic) bond motifs is 1. The van der Waals surface area contributed by atoms with Gasteiger partial charge in [-0.05, 0) is 32.9 Å². The topological polar surface area (TPSA) is 87.7 Å². The molecule has 13 heteroatoms. The number of likely N-dealkylation sites (N-methyl/N-ethyl adjacent to an activating group) is 1. The van der Waals surface area contributed by atoms with Crippen molar-refractivity contribution in [3.63, 3.8) is 0 Å². The highest BCUT2D eigenvalue weighted by Gasteiger charge is 2.57. The minimum absolute atomic E-state index is 0.0879. The molecule has 32 heavy (non-hydrogen) atoms. The second-order valence-corrected chi connectivity index (χ2v) is 7.79. The maximum absolute atomic E-state index is 13.6. The summed E-state index contributed by atoms with van der Waals surface area (Å²) in [6, 6.07) is 2.06. The second-order valence-electron chi connectivity index (χ2n) is 7.79. The number of amides is 3. The van der Waals surface area contributed by atoms with Crippen LogP contribution in [0, 0.1) is 11.2 Å². The first-order chi connectivity index (χ1) is 14.5. The Balaban J connectivity index is 2.16. The average molecular weight is 469 g/mol. The zero-order valence-electron chi connectivity index (χ0n) is 17.4. The molecule has 0 spiro atoms. The van der Waals surface area contributed by atoms with Crippen molar-refractivity contribution in [2.75, 3.05) is 18.5 Å². The Kier molecular flexibility index (Phi) is 6.72. The van der Waals surface area contributed by atoms with Gasteiger partial charge in [-0.15, -0.1) is 0 Å². The van der Waals surface area contributed by atoms with Crippen molar-refractivity contribution < 1.29 is 45.5 Å². The molecule has 1 aliphatic rings. The van der Waals surface area contributed by atoms with Gasteiger partial charge in [0.25, 0.3) is 5.91 Å². The molecule has 1 aromatic rings. The summed E-state index contributed by atoms with van der Waals surface area (Å²) >= 11 is 0. The molecule has 0 radical (unpaired) electrons. The summed E-state index contributed by atoms with van der Waals surface area (Å²) in [5.41, 5.74) is -2.03. The van der Waals surface area contributed by atoms with Crippen LogP contribution in [-0.4, -0.2) is 55.6 Å². The molecule has 0 fully saturated rings. The number of carbonyl (C=O) groups excluding carboxylic acids is 3. The number of halogens is 6. The molecular weight excluding hydrogens is 448 g/mol.